The van der Waals surface area contributed by atoms with E-state index in [1.54, 1.807) is 0 Å². The molecule has 0 aliphatic heterocycles. The SMILES string of the molecule is CC(C)Cc1ncc(CNC2CC(N(CC(=O)O)CC3CC3)C2)s1. The highest BCUT2D eigenvalue weighted by Gasteiger charge is 2.36. The summed E-state index contributed by atoms with van der Waals surface area (Å²) in [7, 11) is 0. The molecule has 0 spiro atoms. The first-order valence-corrected chi connectivity index (χ1v) is 9.94. The van der Waals surface area contributed by atoms with Gasteiger partial charge in [0.05, 0.1) is 11.6 Å². The molecule has 2 aliphatic rings. The van der Waals surface area contributed by atoms with E-state index in [9.17, 15) is 4.79 Å². The zero-order chi connectivity index (χ0) is 17.1. The van der Waals surface area contributed by atoms with Gasteiger partial charge < -0.3 is 10.4 Å². The monoisotopic (exact) mass is 351 g/mol. The number of hydrogen-bond donors (Lipinski definition) is 2. The molecule has 2 saturated carbocycles. The van der Waals surface area contributed by atoms with Gasteiger partial charge in [-0.2, -0.15) is 0 Å². The van der Waals surface area contributed by atoms with Gasteiger partial charge in [-0.3, -0.25) is 9.69 Å². The van der Waals surface area contributed by atoms with Gasteiger partial charge in [0, 0.05) is 42.7 Å². The van der Waals surface area contributed by atoms with E-state index in [0.29, 0.717) is 18.0 Å². The summed E-state index contributed by atoms with van der Waals surface area (Å²) in [4.78, 5) is 19.0. The average molecular weight is 352 g/mol. The van der Waals surface area contributed by atoms with Crippen molar-refractivity contribution in [2.45, 2.75) is 64.6 Å². The van der Waals surface area contributed by atoms with Crippen molar-refractivity contribution in [2.24, 2.45) is 11.8 Å². The lowest BCUT2D eigenvalue weighted by atomic mass is 9.85. The van der Waals surface area contributed by atoms with Crippen molar-refractivity contribution < 1.29 is 9.90 Å². The Bertz CT molecular complexity index is 550. The molecule has 0 atom stereocenters. The third kappa shape index (κ3) is 5.26. The van der Waals surface area contributed by atoms with Crippen LogP contribution in [-0.2, 0) is 17.8 Å². The van der Waals surface area contributed by atoms with Gasteiger partial charge in [-0.05, 0) is 37.5 Å². The second kappa shape index (κ2) is 7.93. The van der Waals surface area contributed by atoms with Crippen molar-refractivity contribution in [1.29, 1.82) is 0 Å². The van der Waals surface area contributed by atoms with Gasteiger partial charge >= 0.3 is 5.97 Å². The summed E-state index contributed by atoms with van der Waals surface area (Å²) >= 11 is 1.81. The van der Waals surface area contributed by atoms with Gasteiger partial charge in [-0.1, -0.05) is 13.8 Å². The lowest BCUT2D eigenvalue weighted by molar-refractivity contribution is -0.139. The molecule has 3 rings (SSSR count). The fraction of sp³-hybridized carbons (Fsp3) is 0.778. The molecular weight excluding hydrogens is 322 g/mol. The number of nitrogens with zero attached hydrogens (tertiary/aromatic N) is 2. The van der Waals surface area contributed by atoms with E-state index in [1.165, 1.54) is 22.7 Å². The molecule has 0 unspecified atom stereocenters. The molecule has 2 aliphatic carbocycles. The maximum absolute atomic E-state index is 11.1. The number of carboxylic acid groups (broad SMARTS) is 1. The third-order valence-corrected chi connectivity index (χ3v) is 5.93. The van der Waals surface area contributed by atoms with Crippen LogP contribution in [0, 0.1) is 11.8 Å². The van der Waals surface area contributed by atoms with Crippen LogP contribution < -0.4 is 5.32 Å². The molecule has 1 heterocycles. The Morgan fingerprint density at radius 3 is 2.83 bits per heavy atom. The summed E-state index contributed by atoms with van der Waals surface area (Å²) in [5, 5.41) is 13.9. The molecule has 2 fully saturated rings. The van der Waals surface area contributed by atoms with E-state index in [1.807, 2.05) is 17.5 Å². The highest BCUT2D eigenvalue weighted by molar-refractivity contribution is 7.11. The molecule has 0 bridgehead atoms. The normalized spacial score (nSPS) is 23.7. The van der Waals surface area contributed by atoms with Crippen LogP contribution in [0.3, 0.4) is 0 Å². The summed E-state index contributed by atoms with van der Waals surface area (Å²) in [6, 6.07) is 0.957. The highest BCUT2D eigenvalue weighted by Crippen LogP contribution is 2.33. The fourth-order valence-corrected chi connectivity index (χ4v) is 4.41. The van der Waals surface area contributed by atoms with Crippen LogP contribution in [0.1, 0.15) is 49.4 Å². The Labute approximate surface area is 148 Å². The molecule has 2 N–H and O–H groups in total. The number of nitrogens with one attached hydrogen (secondary N) is 1. The molecule has 5 nitrogen and oxygen atoms in total. The summed E-state index contributed by atoms with van der Waals surface area (Å²) < 4.78 is 0. The van der Waals surface area contributed by atoms with Crippen LogP contribution in [0.5, 0.6) is 0 Å². The molecule has 0 aromatic carbocycles. The molecule has 134 valence electrons. The Morgan fingerprint density at radius 2 is 2.21 bits per heavy atom. The number of carbonyl (C=O) groups is 1. The molecule has 0 amide bonds. The van der Waals surface area contributed by atoms with Crippen LogP contribution in [0.25, 0.3) is 0 Å². The van der Waals surface area contributed by atoms with Gasteiger partial charge in [0.2, 0.25) is 0 Å². The average Bonchev–Trinajstić information content (AvgIpc) is 3.14. The Morgan fingerprint density at radius 1 is 1.46 bits per heavy atom. The van der Waals surface area contributed by atoms with Crippen molar-refractivity contribution in [3.8, 4) is 0 Å². The maximum Gasteiger partial charge on any atom is 0.317 e. The van der Waals surface area contributed by atoms with Gasteiger partial charge in [0.1, 0.15) is 0 Å². The predicted molar refractivity (Wildman–Crippen MR) is 96.2 cm³/mol. The zero-order valence-corrected chi connectivity index (χ0v) is 15.5. The topological polar surface area (TPSA) is 65.5 Å². The second-order valence-electron chi connectivity index (χ2n) is 7.79. The molecule has 1 aromatic heterocycles. The van der Waals surface area contributed by atoms with E-state index in [4.69, 9.17) is 5.11 Å². The standard InChI is InChI=1S/C18H29N3O2S/c1-12(2)5-17-20-9-16(24-17)8-19-14-6-15(7-14)21(11-18(22)23)10-13-3-4-13/h9,12-15,19H,3-8,10-11H2,1-2H3,(H,22,23). The van der Waals surface area contributed by atoms with Gasteiger partial charge in [0.15, 0.2) is 0 Å². The Kier molecular flexibility index (Phi) is 5.89. The smallest absolute Gasteiger partial charge is 0.317 e. The van der Waals surface area contributed by atoms with E-state index in [2.05, 4.69) is 29.0 Å². The van der Waals surface area contributed by atoms with Gasteiger partial charge in [-0.15, -0.1) is 11.3 Å². The predicted octanol–water partition coefficient (Wildman–Crippen LogP) is 2.76. The molecule has 0 radical (unpaired) electrons. The van der Waals surface area contributed by atoms with Gasteiger partial charge in [-0.25, -0.2) is 4.98 Å². The first-order chi connectivity index (χ1) is 11.5. The van der Waals surface area contributed by atoms with Crippen LogP contribution in [0.2, 0.25) is 0 Å². The summed E-state index contributed by atoms with van der Waals surface area (Å²) in [5.74, 6) is 0.693. The van der Waals surface area contributed by atoms with Crippen molar-refractivity contribution in [3.63, 3.8) is 0 Å². The van der Waals surface area contributed by atoms with Crippen LogP contribution in [0.15, 0.2) is 6.20 Å². The number of carboxylic acids is 1. The first-order valence-electron chi connectivity index (χ1n) is 9.12. The van der Waals surface area contributed by atoms with Crippen molar-refractivity contribution in [3.05, 3.63) is 16.1 Å². The lowest BCUT2D eigenvalue weighted by Gasteiger charge is -2.43. The largest absolute Gasteiger partial charge is 0.480 e. The Balaban J connectivity index is 1.39. The van der Waals surface area contributed by atoms with Crippen LogP contribution in [-0.4, -0.2) is 46.1 Å². The van der Waals surface area contributed by atoms with Crippen molar-refractivity contribution >= 4 is 17.3 Å². The number of aromatic nitrogens is 1. The van der Waals surface area contributed by atoms with Crippen molar-refractivity contribution in [1.82, 2.24) is 15.2 Å². The van der Waals surface area contributed by atoms with E-state index in [-0.39, 0.29) is 6.54 Å². The zero-order valence-electron chi connectivity index (χ0n) is 14.7. The first kappa shape index (κ1) is 17.8. The van der Waals surface area contributed by atoms with Crippen molar-refractivity contribution in [2.75, 3.05) is 13.1 Å². The van der Waals surface area contributed by atoms with E-state index < -0.39 is 5.97 Å². The Hall–Kier alpha value is -0.980. The number of aliphatic carboxylic acids is 1. The minimum atomic E-state index is -0.700. The number of rotatable bonds is 10. The second-order valence-corrected chi connectivity index (χ2v) is 8.99. The maximum atomic E-state index is 11.1. The molecule has 6 heteroatoms. The summed E-state index contributed by atoms with van der Waals surface area (Å²) in [6.45, 7) is 6.49. The van der Waals surface area contributed by atoms with Crippen LogP contribution in [0.4, 0.5) is 0 Å². The molecular formula is C18H29N3O2S. The van der Waals surface area contributed by atoms with E-state index >= 15 is 0 Å². The van der Waals surface area contributed by atoms with Gasteiger partial charge in [0.25, 0.3) is 0 Å². The molecule has 1 aromatic rings. The lowest BCUT2D eigenvalue weighted by Crippen LogP contribution is -2.54. The third-order valence-electron chi connectivity index (χ3n) is 4.91. The summed E-state index contributed by atoms with van der Waals surface area (Å²) in [5.41, 5.74) is 0. The van der Waals surface area contributed by atoms with Crippen LogP contribution >= 0.6 is 11.3 Å². The molecule has 0 saturated heterocycles. The quantitative estimate of drug-likeness (QED) is 0.678. The number of hydrogen-bond acceptors (Lipinski definition) is 5. The fourth-order valence-electron chi connectivity index (χ4n) is 3.32. The van der Waals surface area contributed by atoms with E-state index in [0.717, 1.165) is 38.3 Å². The minimum Gasteiger partial charge on any atom is -0.480 e. The summed E-state index contributed by atoms with van der Waals surface area (Å²) in [6.07, 6.45) is 7.73. The highest BCUT2D eigenvalue weighted by atomic mass is 32.1. The number of thiazole rings is 1. The molecule has 24 heavy (non-hydrogen) atoms. The minimum absolute atomic E-state index is 0.196.